The van der Waals surface area contributed by atoms with E-state index in [0.29, 0.717) is 18.4 Å². The molecule has 1 N–H and O–H groups in total. The Kier molecular flexibility index (Phi) is 4.60. The Hall–Kier alpha value is -2.14. The summed E-state index contributed by atoms with van der Waals surface area (Å²) in [5.74, 6) is 2.12. The molecule has 5 heteroatoms. The maximum absolute atomic E-state index is 6.11. The van der Waals surface area contributed by atoms with Crippen LogP contribution in [0, 0.1) is 5.92 Å². The van der Waals surface area contributed by atoms with E-state index in [9.17, 15) is 0 Å². The van der Waals surface area contributed by atoms with Crippen LogP contribution in [0.1, 0.15) is 17.5 Å². The number of ether oxygens (including phenoxy) is 1. The zero-order valence-electron chi connectivity index (χ0n) is 13.9. The molecule has 4 rings (SSSR count). The molecule has 1 fully saturated rings. The van der Waals surface area contributed by atoms with E-state index in [4.69, 9.17) is 4.74 Å². The van der Waals surface area contributed by atoms with Crippen LogP contribution in [0.15, 0.2) is 36.7 Å². The van der Waals surface area contributed by atoms with Gasteiger partial charge in [-0.2, -0.15) is 0 Å². The summed E-state index contributed by atoms with van der Waals surface area (Å²) in [5, 5.41) is 3.37. The molecule has 1 saturated heterocycles. The van der Waals surface area contributed by atoms with Gasteiger partial charge in [0.05, 0.1) is 6.61 Å². The number of benzene rings is 1. The predicted molar refractivity (Wildman–Crippen MR) is 94.6 cm³/mol. The van der Waals surface area contributed by atoms with Gasteiger partial charge in [0.15, 0.2) is 5.82 Å². The molecule has 1 aliphatic heterocycles. The average molecular weight is 324 g/mol. The van der Waals surface area contributed by atoms with Crippen molar-refractivity contribution in [3.8, 4) is 5.88 Å². The summed E-state index contributed by atoms with van der Waals surface area (Å²) in [7, 11) is 0. The largest absolute Gasteiger partial charge is 0.475 e. The van der Waals surface area contributed by atoms with Gasteiger partial charge in [0.2, 0.25) is 0 Å². The first kappa shape index (κ1) is 15.4. The Morgan fingerprint density at radius 1 is 1.08 bits per heavy atom. The van der Waals surface area contributed by atoms with Crippen molar-refractivity contribution >= 4 is 5.82 Å². The maximum atomic E-state index is 6.11. The monoisotopic (exact) mass is 324 g/mol. The molecular weight excluding hydrogens is 300 g/mol. The van der Waals surface area contributed by atoms with Crippen LogP contribution in [0.5, 0.6) is 5.88 Å². The van der Waals surface area contributed by atoms with Gasteiger partial charge in [-0.1, -0.05) is 24.3 Å². The van der Waals surface area contributed by atoms with E-state index >= 15 is 0 Å². The number of nitrogens with zero attached hydrogens (tertiary/aromatic N) is 3. The fourth-order valence-electron chi connectivity index (χ4n) is 3.63. The molecule has 0 saturated carbocycles. The first-order valence-corrected chi connectivity index (χ1v) is 8.86. The molecule has 0 radical (unpaired) electrons. The minimum Gasteiger partial charge on any atom is -0.475 e. The van der Waals surface area contributed by atoms with Gasteiger partial charge in [-0.25, -0.2) is 9.97 Å². The van der Waals surface area contributed by atoms with Crippen molar-refractivity contribution in [2.45, 2.75) is 19.3 Å². The minimum absolute atomic E-state index is 0.553. The number of fused-ring (bicyclic) bond motifs is 1. The molecule has 1 atom stereocenters. The van der Waals surface area contributed by atoms with Gasteiger partial charge in [-0.3, -0.25) is 0 Å². The Balaban J connectivity index is 1.41. The third-order valence-corrected chi connectivity index (χ3v) is 4.97. The van der Waals surface area contributed by atoms with E-state index < -0.39 is 0 Å². The number of aromatic nitrogens is 2. The van der Waals surface area contributed by atoms with Crippen LogP contribution < -0.4 is 15.0 Å². The van der Waals surface area contributed by atoms with E-state index in [-0.39, 0.29) is 0 Å². The number of hydrogen-bond donors (Lipinski definition) is 1. The van der Waals surface area contributed by atoms with Crippen LogP contribution in [-0.4, -0.2) is 42.8 Å². The van der Waals surface area contributed by atoms with Gasteiger partial charge >= 0.3 is 0 Å². The number of nitrogens with one attached hydrogen (secondary N) is 1. The van der Waals surface area contributed by atoms with Crippen LogP contribution >= 0.6 is 0 Å². The lowest BCUT2D eigenvalue weighted by Crippen LogP contribution is -2.44. The van der Waals surface area contributed by atoms with Crippen molar-refractivity contribution in [2.24, 2.45) is 5.92 Å². The van der Waals surface area contributed by atoms with Crippen molar-refractivity contribution in [1.29, 1.82) is 0 Å². The standard InChI is InChI=1S/C19H24N4O/c1-2-4-17-13-15(5-6-16(17)3-1)14-24-19-18(21-7-8-22-19)23-11-9-20-10-12-23/h1-4,7-8,15,20H,5-6,9-14H2. The fraction of sp³-hybridized carbons (Fsp3) is 0.474. The van der Waals surface area contributed by atoms with E-state index in [2.05, 4.69) is 44.5 Å². The summed E-state index contributed by atoms with van der Waals surface area (Å²) in [5.41, 5.74) is 2.97. The van der Waals surface area contributed by atoms with E-state index in [1.807, 2.05) is 0 Å². The zero-order valence-corrected chi connectivity index (χ0v) is 13.9. The summed E-state index contributed by atoms with van der Waals surface area (Å²) >= 11 is 0. The lowest BCUT2D eigenvalue weighted by atomic mass is 9.84. The Morgan fingerprint density at radius 2 is 1.88 bits per heavy atom. The Bertz CT molecular complexity index is 685. The predicted octanol–water partition coefficient (Wildman–Crippen LogP) is 2.07. The van der Waals surface area contributed by atoms with Crippen LogP contribution in [0.3, 0.4) is 0 Å². The van der Waals surface area contributed by atoms with Gasteiger partial charge in [-0.05, 0) is 36.3 Å². The summed E-state index contributed by atoms with van der Waals surface area (Å²) in [4.78, 5) is 11.2. The molecule has 2 aliphatic rings. The molecule has 5 nitrogen and oxygen atoms in total. The van der Waals surface area contributed by atoms with E-state index in [1.165, 1.54) is 17.5 Å². The van der Waals surface area contributed by atoms with Gasteiger partial charge < -0.3 is 15.0 Å². The minimum atomic E-state index is 0.553. The normalized spacial score (nSPS) is 20.5. The Labute approximate surface area is 143 Å². The second-order valence-corrected chi connectivity index (χ2v) is 6.61. The lowest BCUT2D eigenvalue weighted by molar-refractivity contribution is 0.226. The maximum Gasteiger partial charge on any atom is 0.257 e. The van der Waals surface area contributed by atoms with Crippen molar-refractivity contribution in [3.63, 3.8) is 0 Å². The second-order valence-electron chi connectivity index (χ2n) is 6.61. The lowest BCUT2D eigenvalue weighted by Gasteiger charge is -2.29. The quantitative estimate of drug-likeness (QED) is 0.933. The summed E-state index contributed by atoms with van der Waals surface area (Å²) < 4.78 is 6.11. The van der Waals surface area contributed by atoms with Crippen LogP contribution in [-0.2, 0) is 12.8 Å². The van der Waals surface area contributed by atoms with Crippen molar-refractivity contribution in [1.82, 2.24) is 15.3 Å². The molecule has 2 heterocycles. The fourth-order valence-corrected chi connectivity index (χ4v) is 3.63. The molecule has 126 valence electrons. The van der Waals surface area contributed by atoms with Crippen LogP contribution in [0.2, 0.25) is 0 Å². The van der Waals surface area contributed by atoms with Crippen LogP contribution in [0.4, 0.5) is 5.82 Å². The molecule has 24 heavy (non-hydrogen) atoms. The number of piperazine rings is 1. The smallest absolute Gasteiger partial charge is 0.257 e. The highest BCUT2D eigenvalue weighted by Gasteiger charge is 2.21. The van der Waals surface area contributed by atoms with Gasteiger partial charge in [0.1, 0.15) is 0 Å². The van der Waals surface area contributed by atoms with Crippen molar-refractivity contribution in [2.75, 3.05) is 37.7 Å². The third kappa shape index (κ3) is 3.36. The average Bonchev–Trinajstić information content (AvgIpc) is 2.67. The third-order valence-electron chi connectivity index (χ3n) is 4.97. The SMILES string of the molecule is c1ccc2c(c1)CCC(COc1nccnc1N1CCNCC1)C2. The molecule has 0 bridgehead atoms. The highest BCUT2D eigenvalue weighted by Crippen LogP contribution is 2.28. The highest BCUT2D eigenvalue weighted by atomic mass is 16.5. The zero-order chi connectivity index (χ0) is 16.2. The molecule has 2 aromatic rings. The molecule has 1 aromatic heterocycles. The topological polar surface area (TPSA) is 50.3 Å². The van der Waals surface area contributed by atoms with E-state index in [1.54, 1.807) is 12.4 Å². The van der Waals surface area contributed by atoms with Crippen molar-refractivity contribution < 1.29 is 4.74 Å². The molecule has 1 unspecified atom stereocenters. The van der Waals surface area contributed by atoms with Gasteiger partial charge in [0, 0.05) is 38.6 Å². The Morgan fingerprint density at radius 3 is 2.75 bits per heavy atom. The highest BCUT2D eigenvalue weighted by molar-refractivity contribution is 5.48. The molecular formula is C19H24N4O. The van der Waals surface area contributed by atoms with Gasteiger partial charge in [0.25, 0.3) is 5.88 Å². The van der Waals surface area contributed by atoms with Crippen LogP contribution in [0.25, 0.3) is 0 Å². The summed E-state index contributed by atoms with van der Waals surface area (Å²) in [6.45, 7) is 4.58. The van der Waals surface area contributed by atoms with E-state index in [0.717, 1.165) is 44.8 Å². The number of rotatable bonds is 4. The van der Waals surface area contributed by atoms with Crippen molar-refractivity contribution in [3.05, 3.63) is 47.8 Å². The molecule has 0 spiro atoms. The number of hydrogen-bond acceptors (Lipinski definition) is 5. The summed E-state index contributed by atoms with van der Waals surface area (Å²) in [6.07, 6.45) is 6.90. The number of anilines is 1. The molecule has 0 amide bonds. The first-order valence-electron chi connectivity index (χ1n) is 8.86. The second kappa shape index (κ2) is 7.18. The number of aryl methyl sites for hydroxylation is 1. The first-order chi connectivity index (χ1) is 11.9. The molecule has 1 aromatic carbocycles. The summed E-state index contributed by atoms with van der Waals surface area (Å²) in [6, 6.07) is 8.76. The van der Waals surface area contributed by atoms with Gasteiger partial charge in [-0.15, -0.1) is 0 Å². The molecule has 1 aliphatic carbocycles.